The zero-order valence-corrected chi connectivity index (χ0v) is 27.8. The van der Waals surface area contributed by atoms with Gasteiger partial charge in [0.2, 0.25) is 0 Å². The van der Waals surface area contributed by atoms with Crippen molar-refractivity contribution in [2.75, 3.05) is 0 Å². The molecule has 1 atom stereocenters. The van der Waals surface area contributed by atoms with E-state index >= 15 is 0 Å². The molecule has 0 heterocycles. The van der Waals surface area contributed by atoms with Gasteiger partial charge >= 0.3 is 5.97 Å². The largest absolute Gasteiger partial charge is 0.507 e. The molecule has 1 aromatic carbocycles. The SMILES string of the molecule is C=CC(=O)OC1(CCc2cc(C(C)(C)CC)cc(C(C)(C)CC)c2O)CC=C(C(C)(C)CC)C=C1C(C)(C)CC. The van der Waals surface area contributed by atoms with E-state index < -0.39 is 11.6 Å². The normalized spacial score (nSPS) is 18.7. The van der Waals surface area contributed by atoms with Crippen molar-refractivity contribution in [1.29, 1.82) is 0 Å². The van der Waals surface area contributed by atoms with Crippen LogP contribution < -0.4 is 0 Å². The summed E-state index contributed by atoms with van der Waals surface area (Å²) in [5.41, 5.74) is 4.53. The van der Waals surface area contributed by atoms with Crippen molar-refractivity contribution in [1.82, 2.24) is 0 Å². The van der Waals surface area contributed by atoms with E-state index in [0.717, 1.165) is 42.4 Å². The van der Waals surface area contributed by atoms with E-state index in [2.05, 4.69) is 114 Å². The summed E-state index contributed by atoms with van der Waals surface area (Å²) in [6.07, 6.45) is 11.6. The van der Waals surface area contributed by atoms with Crippen molar-refractivity contribution >= 4 is 5.97 Å². The van der Waals surface area contributed by atoms with Gasteiger partial charge in [-0.1, -0.05) is 114 Å². The van der Waals surface area contributed by atoms with Gasteiger partial charge in [-0.25, -0.2) is 4.79 Å². The standard InChI is InChI=1S/C37H58O3/c1-14-31(38)40-37(22-20-27(33(6,7)15-2)25-30(37)36(12,13)18-5)21-19-26-23-28(34(8,9)16-3)24-29(32(26)39)35(10,11)17-4/h14,20,23-25,39H,1,15-19,21-22H2,2-13H3. The summed E-state index contributed by atoms with van der Waals surface area (Å²) in [6.45, 7) is 30.5. The first kappa shape index (κ1) is 33.9. The highest BCUT2D eigenvalue weighted by atomic mass is 16.6. The molecule has 0 aromatic heterocycles. The zero-order valence-electron chi connectivity index (χ0n) is 27.8. The summed E-state index contributed by atoms with van der Waals surface area (Å²) in [6, 6.07) is 4.41. The van der Waals surface area contributed by atoms with Crippen LogP contribution in [-0.4, -0.2) is 16.7 Å². The lowest BCUT2D eigenvalue weighted by atomic mass is 9.64. The summed E-state index contributed by atoms with van der Waals surface area (Å²) >= 11 is 0. The van der Waals surface area contributed by atoms with Crippen molar-refractivity contribution in [2.24, 2.45) is 10.8 Å². The highest BCUT2D eigenvalue weighted by molar-refractivity contribution is 5.82. The Kier molecular flexibility index (Phi) is 10.4. The molecule has 224 valence electrons. The van der Waals surface area contributed by atoms with Crippen LogP contribution in [0, 0.1) is 10.8 Å². The van der Waals surface area contributed by atoms with Crippen LogP contribution in [0.15, 0.2) is 48.1 Å². The fourth-order valence-electron chi connectivity index (χ4n) is 5.55. The molecule has 0 amide bonds. The number of ether oxygens (including phenoxy) is 1. The monoisotopic (exact) mass is 550 g/mol. The predicted molar refractivity (Wildman–Crippen MR) is 171 cm³/mol. The molecule has 1 aromatic rings. The Hall–Kier alpha value is -2.29. The van der Waals surface area contributed by atoms with Crippen molar-refractivity contribution in [2.45, 2.75) is 144 Å². The molecule has 0 spiro atoms. The molecular formula is C37H58O3. The van der Waals surface area contributed by atoms with Crippen molar-refractivity contribution in [3.05, 3.63) is 64.8 Å². The lowest BCUT2D eigenvalue weighted by molar-refractivity contribution is -0.151. The molecule has 3 heteroatoms. The number of aryl methyl sites for hydroxylation is 1. The average Bonchev–Trinajstić information content (AvgIpc) is 2.92. The van der Waals surface area contributed by atoms with E-state index in [1.165, 1.54) is 17.2 Å². The first-order valence-electron chi connectivity index (χ1n) is 15.5. The molecule has 1 aliphatic rings. The van der Waals surface area contributed by atoms with Crippen LogP contribution in [0.4, 0.5) is 0 Å². The second-order valence-electron chi connectivity index (χ2n) is 14.5. The highest BCUT2D eigenvalue weighted by Crippen LogP contribution is 2.50. The Labute approximate surface area is 246 Å². The number of phenolic OH excluding ortho intramolecular Hbond substituents is 1. The number of hydrogen-bond donors (Lipinski definition) is 1. The summed E-state index contributed by atoms with van der Waals surface area (Å²) < 4.78 is 6.37. The summed E-state index contributed by atoms with van der Waals surface area (Å²) in [7, 11) is 0. The number of rotatable bonds is 13. The van der Waals surface area contributed by atoms with E-state index in [-0.39, 0.29) is 21.7 Å². The molecule has 0 aliphatic heterocycles. The molecular weight excluding hydrogens is 492 g/mol. The summed E-state index contributed by atoms with van der Waals surface area (Å²) in [5, 5.41) is 11.7. The molecule has 1 unspecified atom stereocenters. The third kappa shape index (κ3) is 6.94. The van der Waals surface area contributed by atoms with E-state index in [0.29, 0.717) is 25.0 Å². The summed E-state index contributed by atoms with van der Waals surface area (Å²) in [5.74, 6) is -0.0190. The maximum Gasteiger partial charge on any atom is 0.331 e. The van der Waals surface area contributed by atoms with Crippen LogP contribution in [0.2, 0.25) is 0 Å². The van der Waals surface area contributed by atoms with E-state index in [1.54, 1.807) is 0 Å². The number of allylic oxidation sites excluding steroid dienone is 2. The third-order valence-corrected chi connectivity index (χ3v) is 10.4. The minimum Gasteiger partial charge on any atom is -0.507 e. The Balaban J connectivity index is 2.74. The van der Waals surface area contributed by atoms with Gasteiger partial charge in [-0.05, 0) is 82.5 Å². The molecule has 1 aliphatic carbocycles. The first-order valence-corrected chi connectivity index (χ1v) is 15.5. The van der Waals surface area contributed by atoms with Crippen LogP contribution in [0.3, 0.4) is 0 Å². The van der Waals surface area contributed by atoms with Gasteiger partial charge < -0.3 is 9.84 Å². The minimum atomic E-state index is -0.804. The number of benzene rings is 1. The van der Waals surface area contributed by atoms with Crippen LogP contribution in [0.5, 0.6) is 5.75 Å². The molecule has 40 heavy (non-hydrogen) atoms. The van der Waals surface area contributed by atoms with Crippen molar-refractivity contribution < 1.29 is 14.6 Å². The van der Waals surface area contributed by atoms with Gasteiger partial charge in [0.1, 0.15) is 11.4 Å². The Morgan fingerprint density at radius 2 is 1.45 bits per heavy atom. The maximum absolute atomic E-state index is 12.9. The number of esters is 1. The van der Waals surface area contributed by atoms with Crippen LogP contribution in [0.1, 0.15) is 138 Å². The number of carbonyl (C=O) groups is 1. The van der Waals surface area contributed by atoms with Gasteiger partial charge in [0.15, 0.2) is 0 Å². The second kappa shape index (κ2) is 12.3. The molecule has 1 N–H and O–H groups in total. The van der Waals surface area contributed by atoms with Gasteiger partial charge in [0, 0.05) is 18.1 Å². The summed E-state index contributed by atoms with van der Waals surface area (Å²) in [4.78, 5) is 12.9. The molecule has 0 saturated carbocycles. The predicted octanol–water partition coefficient (Wildman–Crippen LogP) is 10.3. The highest BCUT2D eigenvalue weighted by Gasteiger charge is 2.46. The lowest BCUT2D eigenvalue weighted by Gasteiger charge is -2.45. The molecule has 0 saturated heterocycles. The molecule has 0 radical (unpaired) electrons. The van der Waals surface area contributed by atoms with Gasteiger partial charge in [0.25, 0.3) is 0 Å². The Morgan fingerprint density at radius 3 is 1.95 bits per heavy atom. The topological polar surface area (TPSA) is 46.5 Å². The van der Waals surface area contributed by atoms with Gasteiger partial charge in [-0.15, -0.1) is 0 Å². The molecule has 0 bridgehead atoms. The smallest absolute Gasteiger partial charge is 0.331 e. The number of carbonyl (C=O) groups excluding carboxylic acids is 1. The fourth-order valence-corrected chi connectivity index (χ4v) is 5.55. The van der Waals surface area contributed by atoms with Gasteiger partial charge in [0.05, 0.1) is 0 Å². The minimum absolute atomic E-state index is 0.0164. The maximum atomic E-state index is 12.9. The number of hydrogen-bond acceptors (Lipinski definition) is 3. The number of aromatic hydroxyl groups is 1. The molecule has 2 rings (SSSR count). The Morgan fingerprint density at radius 1 is 0.900 bits per heavy atom. The number of phenols is 1. The van der Waals surface area contributed by atoms with Gasteiger partial charge in [-0.3, -0.25) is 0 Å². The molecule has 3 nitrogen and oxygen atoms in total. The second-order valence-corrected chi connectivity index (χ2v) is 14.5. The van der Waals surface area contributed by atoms with E-state index in [1.807, 2.05) is 0 Å². The van der Waals surface area contributed by atoms with E-state index in [9.17, 15) is 9.90 Å². The van der Waals surface area contributed by atoms with Crippen LogP contribution >= 0.6 is 0 Å². The van der Waals surface area contributed by atoms with Crippen LogP contribution in [0.25, 0.3) is 0 Å². The third-order valence-electron chi connectivity index (χ3n) is 10.4. The van der Waals surface area contributed by atoms with Gasteiger partial charge in [-0.2, -0.15) is 0 Å². The average molecular weight is 551 g/mol. The van der Waals surface area contributed by atoms with E-state index in [4.69, 9.17) is 4.74 Å². The fraction of sp³-hybridized carbons (Fsp3) is 0.649. The Bertz CT molecular complexity index is 1140. The van der Waals surface area contributed by atoms with Crippen molar-refractivity contribution in [3.8, 4) is 5.75 Å². The quantitative estimate of drug-likeness (QED) is 0.196. The van der Waals surface area contributed by atoms with Crippen LogP contribution in [-0.2, 0) is 26.8 Å². The zero-order chi connectivity index (χ0) is 30.7. The first-order chi connectivity index (χ1) is 18.4. The lowest BCUT2D eigenvalue weighted by Crippen LogP contribution is -2.44. The molecule has 0 fully saturated rings. The van der Waals surface area contributed by atoms with Crippen molar-refractivity contribution in [3.63, 3.8) is 0 Å².